The van der Waals surface area contributed by atoms with Crippen molar-refractivity contribution in [1.82, 2.24) is 4.90 Å². The van der Waals surface area contributed by atoms with Crippen molar-refractivity contribution in [2.75, 3.05) is 44.3 Å². The van der Waals surface area contributed by atoms with Gasteiger partial charge in [-0.1, -0.05) is 49.6 Å². The Morgan fingerprint density at radius 2 is 1.29 bits per heavy atom. The van der Waals surface area contributed by atoms with Gasteiger partial charge in [0.2, 0.25) is 5.91 Å². The molecule has 3 aromatic rings. The smallest absolute Gasteiger partial charge is 0.303 e. The quantitative estimate of drug-likeness (QED) is 0.261. The summed E-state index contributed by atoms with van der Waals surface area (Å²) in [4.78, 5) is 27.1. The number of ether oxygens (including phenoxy) is 2. The van der Waals surface area contributed by atoms with Gasteiger partial charge < -0.3 is 29.5 Å². The number of carbonyl (C=O) groups excluding carboxylic acids is 1. The topological polar surface area (TPSA) is 99.5 Å². The molecule has 1 heterocycles. The van der Waals surface area contributed by atoms with Crippen molar-refractivity contribution < 1.29 is 29.3 Å². The summed E-state index contributed by atoms with van der Waals surface area (Å²) in [6.07, 6.45) is 5.27. The first kappa shape index (κ1) is 31.8. The van der Waals surface area contributed by atoms with Crippen molar-refractivity contribution in [3.8, 4) is 17.2 Å². The van der Waals surface area contributed by atoms with Crippen LogP contribution in [0.1, 0.15) is 24.0 Å². The lowest BCUT2D eigenvalue weighted by Gasteiger charge is -2.36. The number of nitrogens with zero attached hydrogens (tertiary/aromatic N) is 2. The van der Waals surface area contributed by atoms with Crippen LogP contribution in [-0.2, 0) is 22.4 Å². The van der Waals surface area contributed by atoms with Crippen molar-refractivity contribution in [2.24, 2.45) is 0 Å². The lowest BCUT2D eigenvalue weighted by Crippen LogP contribution is -2.48. The van der Waals surface area contributed by atoms with Gasteiger partial charge in [-0.25, -0.2) is 0 Å². The van der Waals surface area contributed by atoms with Gasteiger partial charge in [0.05, 0.1) is 0 Å². The number of hydrogen-bond donors (Lipinski definition) is 2. The van der Waals surface area contributed by atoms with Gasteiger partial charge in [0.25, 0.3) is 0 Å². The molecule has 0 bridgehead atoms. The molecule has 0 radical (unpaired) electrons. The van der Waals surface area contributed by atoms with Crippen LogP contribution in [0, 0.1) is 0 Å². The molecule has 1 fully saturated rings. The lowest BCUT2D eigenvalue weighted by atomic mass is 10.1. The second kappa shape index (κ2) is 17.2. The zero-order valence-corrected chi connectivity index (χ0v) is 24.0. The summed E-state index contributed by atoms with van der Waals surface area (Å²) in [5, 5.41) is 17.9. The van der Waals surface area contributed by atoms with Crippen LogP contribution in [0.5, 0.6) is 17.2 Å². The zero-order chi connectivity index (χ0) is 30.2. The SMILES string of the molecule is C=CCOc1cccc(CCC(=O)N2CCN(c3ccc(O)cc3)CC2)c1.C=CCOc1cccc(CCC(=O)O)c1. The van der Waals surface area contributed by atoms with Gasteiger partial charge in [-0.2, -0.15) is 0 Å². The van der Waals surface area contributed by atoms with E-state index in [4.69, 9.17) is 14.6 Å². The fourth-order valence-corrected chi connectivity index (χ4v) is 4.43. The lowest BCUT2D eigenvalue weighted by molar-refractivity contribution is -0.137. The fourth-order valence-electron chi connectivity index (χ4n) is 4.43. The van der Waals surface area contributed by atoms with E-state index in [1.165, 1.54) is 0 Å². The number of carboxylic acid groups (broad SMARTS) is 1. The molecule has 0 unspecified atom stereocenters. The fraction of sp³-hybridized carbons (Fsp3) is 0.294. The Bertz CT molecular complexity index is 1300. The number of amides is 1. The van der Waals surface area contributed by atoms with Gasteiger partial charge in [-0.15, -0.1) is 0 Å². The largest absolute Gasteiger partial charge is 0.508 e. The highest BCUT2D eigenvalue weighted by atomic mass is 16.5. The number of anilines is 1. The first-order valence-electron chi connectivity index (χ1n) is 14.1. The standard InChI is InChI=1S/C22H26N2O3.C12H14O3/c1-2-16-27-21-5-3-4-18(17-21)6-11-22(26)24-14-12-23(13-15-24)19-7-9-20(25)10-8-19;1-2-8-15-11-5-3-4-10(9-11)6-7-12(13)14/h2-5,7-10,17,25H,1,6,11-16H2;2-5,9H,1,6-8H2,(H,13,14). The van der Waals surface area contributed by atoms with Gasteiger partial charge >= 0.3 is 5.97 Å². The van der Waals surface area contributed by atoms with Gasteiger partial charge in [-0.3, -0.25) is 9.59 Å². The molecule has 0 aromatic heterocycles. The minimum absolute atomic E-state index is 0.144. The van der Waals surface area contributed by atoms with E-state index in [-0.39, 0.29) is 18.1 Å². The van der Waals surface area contributed by atoms with Crippen LogP contribution >= 0.6 is 0 Å². The maximum absolute atomic E-state index is 12.5. The second-order valence-electron chi connectivity index (χ2n) is 9.77. The molecule has 0 aliphatic carbocycles. The first-order chi connectivity index (χ1) is 20.4. The molecule has 222 valence electrons. The van der Waals surface area contributed by atoms with Gasteiger partial charge in [0.15, 0.2) is 0 Å². The molecule has 1 aliphatic heterocycles. The Morgan fingerprint density at radius 3 is 1.79 bits per heavy atom. The Balaban J connectivity index is 0.000000274. The molecule has 2 N–H and O–H groups in total. The van der Waals surface area contributed by atoms with Crippen LogP contribution in [0.15, 0.2) is 98.1 Å². The van der Waals surface area contributed by atoms with Crippen LogP contribution < -0.4 is 14.4 Å². The summed E-state index contributed by atoms with van der Waals surface area (Å²) >= 11 is 0. The van der Waals surface area contributed by atoms with E-state index < -0.39 is 5.97 Å². The summed E-state index contributed by atoms with van der Waals surface area (Å²) in [6.45, 7) is 11.2. The van der Waals surface area contributed by atoms with Crippen molar-refractivity contribution in [1.29, 1.82) is 0 Å². The van der Waals surface area contributed by atoms with Crippen molar-refractivity contribution in [3.05, 3.63) is 109 Å². The van der Waals surface area contributed by atoms with Gasteiger partial charge in [-0.05, 0) is 72.5 Å². The van der Waals surface area contributed by atoms with Crippen LogP contribution in [-0.4, -0.2) is 66.4 Å². The van der Waals surface area contributed by atoms with Crippen LogP contribution in [0.4, 0.5) is 5.69 Å². The molecule has 42 heavy (non-hydrogen) atoms. The molecule has 1 saturated heterocycles. The van der Waals surface area contributed by atoms with E-state index in [9.17, 15) is 14.7 Å². The number of aromatic hydroxyl groups is 1. The third kappa shape index (κ3) is 11.0. The number of piperazine rings is 1. The molecule has 4 rings (SSSR count). The molecule has 1 amide bonds. The molecule has 3 aromatic carbocycles. The average molecular weight is 573 g/mol. The van der Waals surface area contributed by atoms with Gasteiger partial charge in [0.1, 0.15) is 30.5 Å². The van der Waals surface area contributed by atoms with E-state index in [0.29, 0.717) is 32.5 Å². The average Bonchev–Trinajstić information content (AvgIpc) is 3.02. The molecule has 0 atom stereocenters. The highest BCUT2D eigenvalue weighted by molar-refractivity contribution is 5.77. The van der Waals surface area contributed by atoms with E-state index in [0.717, 1.165) is 54.5 Å². The summed E-state index contributed by atoms with van der Waals surface area (Å²) in [5.41, 5.74) is 3.16. The molecule has 1 aliphatic rings. The summed E-state index contributed by atoms with van der Waals surface area (Å²) in [6, 6.07) is 22.5. The monoisotopic (exact) mass is 572 g/mol. The highest BCUT2D eigenvalue weighted by Crippen LogP contribution is 2.21. The number of hydrogen-bond acceptors (Lipinski definition) is 6. The van der Waals surface area contributed by atoms with Crippen molar-refractivity contribution in [3.63, 3.8) is 0 Å². The van der Waals surface area contributed by atoms with Crippen molar-refractivity contribution in [2.45, 2.75) is 25.7 Å². The molecular weight excluding hydrogens is 532 g/mol. The Kier molecular flexibility index (Phi) is 13.0. The normalized spacial score (nSPS) is 12.5. The van der Waals surface area contributed by atoms with E-state index in [1.54, 1.807) is 24.3 Å². The predicted octanol–water partition coefficient (Wildman–Crippen LogP) is 5.51. The third-order valence-electron chi connectivity index (χ3n) is 6.63. The molecule has 0 saturated carbocycles. The van der Waals surface area contributed by atoms with Crippen LogP contribution in [0.2, 0.25) is 0 Å². The number of carbonyl (C=O) groups is 2. The Morgan fingerprint density at radius 1 is 0.762 bits per heavy atom. The first-order valence-corrected chi connectivity index (χ1v) is 14.1. The summed E-state index contributed by atoms with van der Waals surface area (Å²) in [5.74, 6) is 1.23. The maximum atomic E-state index is 12.5. The second-order valence-corrected chi connectivity index (χ2v) is 9.77. The van der Waals surface area contributed by atoms with Crippen molar-refractivity contribution >= 4 is 17.6 Å². The number of aliphatic carboxylic acids is 1. The number of aryl methyl sites for hydroxylation is 2. The third-order valence-corrected chi connectivity index (χ3v) is 6.63. The summed E-state index contributed by atoms with van der Waals surface area (Å²) in [7, 11) is 0. The Labute approximate surface area is 248 Å². The predicted molar refractivity (Wildman–Crippen MR) is 165 cm³/mol. The number of phenolic OH excluding ortho intramolecular Hbond substituents is 1. The number of benzene rings is 3. The minimum Gasteiger partial charge on any atom is -0.508 e. The van der Waals surface area contributed by atoms with Crippen LogP contribution in [0.3, 0.4) is 0 Å². The Hall–Kier alpha value is -4.72. The highest BCUT2D eigenvalue weighted by Gasteiger charge is 2.21. The van der Waals surface area contributed by atoms with Crippen LogP contribution in [0.25, 0.3) is 0 Å². The number of carboxylic acids is 1. The molecule has 8 nitrogen and oxygen atoms in total. The number of phenols is 1. The molecule has 0 spiro atoms. The van der Waals surface area contributed by atoms with Gasteiger partial charge in [0, 0.05) is 44.7 Å². The van der Waals surface area contributed by atoms with E-state index in [2.05, 4.69) is 18.1 Å². The minimum atomic E-state index is -0.785. The molecular formula is C34H40N2O6. The molecule has 8 heteroatoms. The maximum Gasteiger partial charge on any atom is 0.303 e. The van der Waals surface area contributed by atoms with E-state index >= 15 is 0 Å². The van der Waals surface area contributed by atoms with E-state index in [1.807, 2.05) is 65.6 Å². The number of rotatable bonds is 13. The zero-order valence-electron chi connectivity index (χ0n) is 24.0. The summed E-state index contributed by atoms with van der Waals surface area (Å²) < 4.78 is 10.9.